The van der Waals surface area contributed by atoms with Crippen molar-refractivity contribution in [2.75, 3.05) is 10.0 Å². The minimum absolute atomic E-state index is 0.0215. The highest BCUT2D eigenvalue weighted by molar-refractivity contribution is 7.92. The summed E-state index contributed by atoms with van der Waals surface area (Å²) in [4.78, 5) is 12.2. The molecule has 0 heterocycles. The lowest BCUT2D eigenvalue weighted by atomic mass is 10.2. The Labute approximate surface area is 150 Å². The van der Waals surface area contributed by atoms with Gasteiger partial charge in [-0.2, -0.15) is 0 Å². The van der Waals surface area contributed by atoms with E-state index in [4.69, 9.17) is 0 Å². The molecule has 0 saturated carbocycles. The fourth-order valence-electron chi connectivity index (χ4n) is 2.28. The van der Waals surface area contributed by atoms with Gasteiger partial charge in [-0.3, -0.25) is 9.52 Å². The van der Waals surface area contributed by atoms with E-state index < -0.39 is 21.7 Å². The first-order valence-electron chi connectivity index (χ1n) is 7.69. The number of nitrogens with one attached hydrogen (secondary N) is 2. The van der Waals surface area contributed by atoms with Crippen LogP contribution < -0.4 is 10.0 Å². The van der Waals surface area contributed by atoms with E-state index >= 15 is 0 Å². The number of halogens is 1. The van der Waals surface area contributed by atoms with Crippen LogP contribution in [0.4, 0.5) is 15.8 Å². The normalized spacial score (nSPS) is 11.0. The summed E-state index contributed by atoms with van der Waals surface area (Å²) in [6.45, 7) is 0. The highest BCUT2D eigenvalue weighted by Gasteiger charge is 2.17. The van der Waals surface area contributed by atoms with Gasteiger partial charge in [0.25, 0.3) is 15.9 Å². The Kier molecular flexibility index (Phi) is 4.99. The van der Waals surface area contributed by atoms with Crippen molar-refractivity contribution in [3.63, 3.8) is 0 Å². The van der Waals surface area contributed by atoms with Gasteiger partial charge >= 0.3 is 0 Å². The van der Waals surface area contributed by atoms with E-state index in [1.165, 1.54) is 42.5 Å². The van der Waals surface area contributed by atoms with Crippen molar-refractivity contribution < 1.29 is 17.6 Å². The predicted molar refractivity (Wildman–Crippen MR) is 98.0 cm³/mol. The van der Waals surface area contributed by atoms with Gasteiger partial charge < -0.3 is 5.32 Å². The molecular formula is C19H15FN2O3S. The number of hydrogen-bond donors (Lipinski definition) is 2. The van der Waals surface area contributed by atoms with Crippen LogP contribution in [0.5, 0.6) is 0 Å². The Morgan fingerprint density at radius 3 is 2.27 bits per heavy atom. The molecule has 2 N–H and O–H groups in total. The van der Waals surface area contributed by atoms with Gasteiger partial charge in [0.2, 0.25) is 0 Å². The first-order valence-corrected chi connectivity index (χ1v) is 9.18. The second kappa shape index (κ2) is 7.37. The van der Waals surface area contributed by atoms with Crippen LogP contribution in [0.15, 0.2) is 83.8 Å². The molecule has 0 radical (unpaired) electrons. The largest absolute Gasteiger partial charge is 0.319 e. The molecule has 0 spiro atoms. The molecule has 3 aromatic rings. The van der Waals surface area contributed by atoms with E-state index in [1.807, 2.05) is 0 Å². The zero-order valence-corrected chi connectivity index (χ0v) is 14.3. The van der Waals surface area contributed by atoms with Gasteiger partial charge in [-0.15, -0.1) is 0 Å². The summed E-state index contributed by atoms with van der Waals surface area (Å²) in [5.74, 6) is -1.18. The first kappa shape index (κ1) is 17.6. The number of para-hydroxylation sites is 2. The molecule has 1 amide bonds. The zero-order valence-electron chi connectivity index (χ0n) is 13.5. The maximum absolute atomic E-state index is 13.7. The standard InChI is InChI=1S/C19H15FN2O3S/c20-17-11-4-5-12-18(17)21-19(23)14-7-6-10-16(13-14)26(24,25)22-15-8-2-1-3-9-15/h1-13,22H,(H,21,23). The van der Waals surface area contributed by atoms with E-state index in [2.05, 4.69) is 10.0 Å². The highest BCUT2D eigenvalue weighted by atomic mass is 32.2. The van der Waals surface area contributed by atoms with Gasteiger partial charge in [-0.1, -0.05) is 36.4 Å². The van der Waals surface area contributed by atoms with Crippen LogP contribution in [0.1, 0.15) is 10.4 Å². The third kappa shape index (κ3) is 4.07. The summed E-state index contributed by atoms with van der Waals surface area (Å²) in [5.41, 5.74) is 0.533. The molecule has 0 aliphatic carbocycles. The third-order valence-corrected chi connectivity index (χ3v) is 4.93. The summed E-state index contributed by atoms with van der Waals surface area (Å²) in [6.07, 6.45) is 0. The monoisotopic (exact) mass is 370 g/mol. The number of anilines is 2. The Morgan fingerprint density at radius 1 is 0.846 bits per heavy atom. The van der Waals surface area contributed by atoms with Gasteiger partial charge in [0.1, 0.15) is 5.82 Å². The fraction of sp³-hybridized carbons (Fsp3) is 0. The second-order valence-corrected chi connectivity index (χ2v) is 7.12. The van der Waals surface area contributed by atoms with Gasteiger partial charge in [0.15, 0.2) is 0 Å². The quantitative estimate of drug-likeness (QED) is 0.716. The average Bonchev–Trinajstić information content (AvgIpc) is 2.64. The van der Waals surface area contributed by atoms with Crippen LogP contribution >= 0.6 is 0 Å². The van der Waals surface area contributed by atoms with Crippen LogP contribution in [0, 0.1) is 5.82 Å². The molecule has 0 aliphatic heterocycles. The van der Waals surface area contributed by atoms with Gasteiger partial charge in [-0.05, 0) is 42.5 Å². The molecule has 3 rings (SSSR count). The van der Waals surface area contributed by atoms with Crippen LogP contribution in [0.2, 0.25) is 0 Å². The number of carbonyl (C=O) groups excluding carboxylic acids is 1. The topological polar surface area (TPSA) is 75.3 Å². The molecule has 0 saturated heterocycles. The van der Waals surface area contributed by atoms with E-state index in [0.717, 1.165) is 0 Å². The zero-order chi connectivity index (χ0) is 18.6. The van der Waals surface area contributed by atoms with Gasteiger partial charge in [-0.25, -0.2) is 12.8 Å². The van der Waals surface area contributed by atoms with Crippen molar-refractivity contribution >= 4 is 27.3 Å². The molecule has 0 aliphatic rings. The van der Waals surface area contributed by atoms with E-state index in [1.54, 1.807) is 36.4 Å². The summed E-state index contributed by atoms with van der Waals surface area (Å²) in [5, 5.41) is 2.43. The van der Waals surface area contributed by atoms with Gasteiger partial charge in [0, 0.05) is 11.3 Å². The summed E-state index contributed by atoms with van der Waals surface area (Å²) in [6, 6.07) is 19.7. The SMILES string of the molecule is O=C(Nc1ccccc1F)c1cccc(S(=O)(=O)Nc2ccccc2)c1. The van der Waals surface area contributed by atoms with Crippen molar-refractivity contribution in [1.82, 2.24) is 0 Å². The number of carbonyl (C=O) groups is 1. The maximum atomic E-state index is 13.7. The Hall–Kier alpha value is -3.19. The smallest absolute Gasteiger partial charge is 0.261 e. The molecule has 0 atom stereocenters. The molecule has 26 heavy (non-hydrogen) atoms. The molecule has 0 aromatic heterocycles. The van der Waals surface area contributed by atoms with Crippen molar-refractivity contribution in [2.24, 2.45) is 0 Å². The molecule has 7 heteroatoms. The Balaban J connectivity index is 1.83. The number of rotatable bonds is 5. The van der Waals surface area contributed by atoms with Crippen LogP contribution in [0.25, 0.3) is 0 Å². The van der Waals surface area contributed by atoms with Crippen molar-refractivity contribution in [2.45, 2.75) is 4.90 Å². The lowest BCUT2D eigenvalue weighted by Gasteiger charge is -2.10. The number of benzene rings is 3. The second-order valence-electron chi connectivity index (χ2n) is 5.43. The van der Waals surface area contributed by atoms with Crippen LogP contribution in [0.3, 0.4) is 0 Å². The summed E-state index contributed by atoms with van der Waals surface area (Å²) in [7, 11) is -3.85. The average molecular weight is 370 g/mol. The lowest BCUT2D eigenvalue weighted by Crippen LogP contribution is -2.16. The summed E-state index contributed by atoms with van der Waals surface area (Å²) >= 11 is 0. The lowest BCUT2D eigenvalue weighted by molar-refractivity contribution is 0.102. The van der Waals surface area contributed by atoms with Crippen LogP contribution in [-0.4, -0.2) is 14.3 Å². The first-order chi connectivity index (χ1) is 12.5. The van der Waals surface area contributed by atoms with Crippen molar-refractivity contribution in [3.05, 3.63) is 90.2 Å². The number of amides is 1. The molecule has 0 unspecified atom stereocenters. The molecule has 0 bridgehead atoms. The van der Waals surface area contributed by atoms with Crippen molar-refractivity contribution in [3.8, 4) is 0 Å². The third-order valence-electron chi connectivity index (χ3n) is 3.55. The minimum Gasteiger partial charge on any atom is -0.319 e. The van der Waals surface area contributed by atoms with Crippen LogP contribution in [-0.2, 0) is 10.0 Å². The predicted octanol–water partition coefficient (Wildman–Crippen LogP) is 3.88. The minimum atomic E-state index is -3.85. The molecule has 3 aromatic carbocycles. The highest BCUT2D eigenvalue weighted by Crippen LogP contribution is 2.18. The van der Waals surface area contributed by atoms with E-state index in [0.29, 0.717) is 5.69 Å². The Morgan fingerprint density at radius 2 is 1.54 bits per heavy atom. The number of sulfonamides is 1. The van der Waals surface area contributed by atoms with E-state index in [-0.39, 0.29) is 16.1 Å². The number of hydrogen-bond acceptors (Lipinski definition) is 3. The van der Waals surface area contributed by atoms with Crippen molar-refractivity contribution in [1.29, 1.82) is 0 Å². The Bertz CT molecular complexity index is 1040. The van der Waals surface area contributed by atoms with E-state index in [9.17, 15) is 17.6 Å². The molecule has 5 nitrogen and oxygen atoms in total. The maximum Gasteiger partial charge on any atom is 0.261 e. The molecular weight excluding hydrogens is 355 g/mol. The van der Waals surface area contributed by atoms with Gasteiger partial charge in [0.05, 0.1) is 10.6 Å². The molecule has 0 fully saturated rings. The summed E-state index contributed by atoms with van der Waals surface area (Å²) < 4.78 is 41.1. The fourth-order valence-corrected chi connectivity index (χ4v) is 3.39. The molecule has 132 valence electrons.